The zero-order valence-corrected chi connectivity index (χ0v) is 17.0. The predicted molar refractivity (Wildman–Crippen MR) is 111 cm³/mol. The van der Waals surface area contributed by atoms with Crippen molar-refractivity contribution in [2.24, 2.45) is 0 Å². The molecule has 0 spiro atoms. The van der Waals surface area contributed by atoms with Gasteiger partial charge in [0.05, 0.1) is 5.56 Å². The molecule has 9 nitrogen and oxygen atoms in total. The molecule has 30 heavy (non-hydrogen) atoms. The van der Waals surface area contributed by atoms with E-state index in [0.29, 0.717) is 11.5 Å². The lowest BCUT2D eigenvalue weighted by molar-refractivity contribution is -0.134. The number of carbonyl (C=O) groups excluding carboxylic acids is 3. The highest BCUT2D eigenvalue weighted by Crippen LogP contribution is 2.24. The number of fused-ring (bicyclic) bond motifs is 1. The Morgan fingerprint density at radius 3 is 2.17 bits per heavy atom. The lowest BCUT2D eigenvalue weighted by Gasteiger charge is -2.29. The van der Waals surface area contributed by atoms with Crippen molar-refractivity contribution in [3.8, 4) is 0 Å². The van der Waals surface area contributed by atoms with Gasteiger partial charge < -0.3 is 4.90 Å². The number of nitrogens with zero attached hydrogens (tertiary/aromatic N) is 5. The van der Waals surface area contributed by atoms with Gasteiger partial charge in [0.25, 0.3) is 17.4 Å². The molecule has 0 saturated carbocycles. The fraction of sp³-hybridized carbons (Fsp3) is 0.381. The molecule has 0 radical (unpaired) electrons. The number of anilines is 1. The minimum atomic E-state index is -0.734. The van der Waals surface area contributed by atoms with Gasteiger partial charge in [0.2, 0.25) is 0 Å². The van der Waals surface area contributed by atoms with Gasteiger partial charge in [-0.05, 0) is 31.1 Å². The summed E-state index contributed by atoms with van der Waals surface area (Å²) in [6, 6.07) is 4.56. The minimum absolute atomic E-state index is 0.174. The molecule has 0 unspecified atom stereocenters. The molecule has 9 heteroatoms. The maximum absolute atomic E-state index is 13.3. The second-order valence-electron chi connectivity index (χ2n) is 7.55. The van der Waals surface area contributed by atoms with E-state index < -0.39 is 17.8 Å². The zero-order chi connectivity index (χ0) is 21.4. The predicted octanol–water partition coefficient (Wildman–Crippen LogP) is 1.51. The average Bonchev–Trinajstić information content (AvgIpc) is 3.04. The van der Waals surface area contributed by atoms with Crippen LogP contribution in [0.1, 0.15) is 31.2 Å². The van der Waals surface area contributed by atoms with Gasteiger partial charge in [0, 0.05) is 33.4 Å². The van der Waals surface area contributed by atoms with Crippen LogP contribution in [0.3, 0.4) is 0 Å². The number of hydrogen-bond donors (Lipinski definition) is 0. The number of rotatable bonds is 2. The molecule has 0 aromatic carbocycles. The zero-order valence-electron chi connectivity index (χ0n) is 17.0. The Morgan fingerprint density at radius 2 is 1.53 bits per heavy atom. The van der Waals surface area contributed by atoms with Gasteiger partial charge in [0.1, 0.15) is 17.0 Å². The average molecular weight is 409 g/mol. The Labute approximate surface area is 173 Å². The van der Waals surface area contributed by atoms with E-state index in [1.165, 1.54) is 24.6 Å². The molecule has 0 aliphatic carbocycles. The van der Waals surface area contributed by atoms with Crippen molar-refractivity contribution in [3.05, 3.63) is 45.9 Å². The third-order valence-corrected chi connectivity index (χ3v) is 5.59. The van der Waals surface area contributed by atoms with Crippen LogP contribution in [0.2, 0.25) is 0 Å². The molecule has 4 heterocycles. The fourth-order valence-corrected chi connectivity index (χ4v) is 3.86. The highest BCUT2D eigenvalue weighted by molar-refractivity contribution is 6.30. The molecule has 2 aliphatic heterocycles. The van der Waals surface area contributed by atoms with E-state index in [2.05, 4.69) is 0 Å². The molecule has 156 valence electrons. The Hall–Kier alpha value is -3.49. The maximum atomic E-state index is 13.3. The SMILES string of the molecule is CN1C(=O)C(=Cc2c(N3CCCCCC3)nc3ccccn3c2=O)C(=O)N(C)C1=O. The normalized spacial score (nSPS) is 18.3. The van der Waals surface area contributed by atoms with E-state index in [1.54, 1.807) is 24.4 Å². The van der Waals surface area contributed by atoms with Gasteiger partial charge in [-0.2, -0.15) is 0 Å². The van der Waals surface area contributed by atoms with Gasteiger partial charge in [-0.15, -0.1) is 0 Å². The van der Waals surface area contributed by atoms with Crippen molar-refractivity contribution in [2.75, 3.05) is 32.1 Å². The molecule has 2 aliphatic rings. The second-order valence-corrected chi connectivity index (χ2v) is 7.55. The summed E-state index contributed by atoms with van der Waals surface area (Å²) in [5.41, 5.74) is 0.0728. The molecule has 2 aromatic rings. The van der Waals surface area contributed by atoms with Crippen LogP contribution in [0.15, 0.2) is 34.8 Å². The van der Waals surface area contributed by atoms with Crippen molar-refractivity contribution in [2.45, 2.75) is 25.7 Å². The summed E-state index contributed by atoms with van der Waals surface area (Å²) in [6.07, 6.45) is 7.06. The first-order valence-electron chi connectivity index (χ1n) is 9.98. The molecule has 4 rings (SSSR count). The number of carbonyl (C=O) groups is 3. The van der Waals surface area contributed by atoms with E-state index >= 15 is 0 Å². The van der Waals surface area contributed by atoms with E-state index in [-0.39, 0.29) is 16.7 Å². The van der Waals surface area contributed by atoms with Crippen LogP contribution in [0.4, 0.5) is 10.6 Å². The van der Waals surface area contributed by atoms with E-state index in [9.17, 15) is 19.2 Å². The summed E-state index contributed by atoms with van der Waals surface area (Å²) in [6.45, 7) is 1.48. The minimum Gasteiger partial charge on any atom is -0.356 e. The molecule has 2 fully saturated rings. The topological polar surface area (TPSA) is 95.3 Å². The number of hydrogen-bond acceptors (Lipinski definition) is 6. The third-order valence-electron chi connectivity index (χ3n) is 5.59. The molecule has 0 atom stereocenters. The van der Waals surface area contributed by atoms with Crippen LogP contribution >= 0.6 is 0 Å². The second kappa shape index (κ2) is 7.74. The number of likely N-dealkylation sites (N-methyl/N-ethyl adjacent to an activating group) is 2. The summed E-state index contributed by atoms with van der Waals surface area (Å²) in [5.74, 6) is -1.01. The number of amides is 4. The smallest absolute Gasteiger partial charge is 0.333 e. The van der Waals surface area contributed by atoms with Gasteiger partial charge >= 0.3 is 6.03 Å². The number of aromatic nitrogens is 2. The van der Waals surface area contributed by atoms with Gasteiger partial charge in [-0.1, -0.05) is 18.9 Å². The first-order valence-corrected chi connectivity index (χ1v) is 9.98. The largest absolute Gasteiger partial charge is 0.356 e. The number of imide groups is 2. The Morgan fingerprint density at radius 1 is 0.900 bits per heavy atom. The van der Waals surface area contributed by atoms with Crippen LogP contribution in [0.5, 0.6) is 0 Å². The summed E-state index contributed by atoms with van der Waals surface area (Å²) >= 11 is 0. The summed E-state index contributed by atoms with van der Waals surface area (Å²) in [5, 5.41) is 0. The lowest BCUT2D eigenvalue weighted by atomic mass is 10.1. The summed E-state index contributed by atoms with van der Waals surface area (Å²) in [7, 11) is 2.62. The van der Waals surface area contributed by atoms with E-state index in [1.807, 2.05) is 4.90 Å². The number of barbiturate groups is 1. The number of pyridine rings is 1. The van der Waals surface area contributed by atoms with Crippen molar-refractivity contribution in [1.82, 2.24) is 19.2 Å². The molecule has 0 bridgehead atoms. The van der Waals surface area contributed by atoms with Crippen LogP contribution < -0.4 is 10.5 Å². The van der Waals surface area contributed by atoms with Crippen LogP contribution in [0, 0.1) is 0 Å². The first kappa shape index (κ1) is 19.8. The standard InChI is InChI=1S/C21H23N5O4/c1-23-18(27)15(19(28)24(2)21(23)30)13-14-17(25-10-6-3-4-7-11-25)22-16-9-5-8-12-26(16)20(14)29/h5,8-9,12-13H,3-4,6-7,10-11H2,1-2H3. The monoisotopic (exact) mass is 409 g/mol. The van der Waals surface area contributed by atoms with Crippen LogP contribution in [-0.2, 0) is 9.59 Å². The fourth-order valence-electron chi connectivity index (χ4n) is 3.86. The van der Waals surface area contributed by atoms with E-state index in [4.69, 9.17) is 4.98 Å². The highest BCUT2D eigenvalue weighted by Gasteiger charge is 2.38. The molecule has 2 saturated heterocycles. The van der Waals surface area contributed by atoms with E-state index in [0.717, 1.165) is 48.6 Å². The Bertz CT molecular complexity index is 1100. The van der Waals surface area contributed by atoms with Crippen LogP contribution in [-0.4, -0.2) is 64.2 Å². The third kappa shape index (κ3) is 3.26. The van der Waals surface area contributed by atoms with Crippen molar-refractivity contribution >= 4 is 35.4 Å². The Balaban J connectivity index is 1.93. The quantitative estimate of drug-likeness (QED) is 0.551. The van der Waals surface area contributed by atoms with Crippen LogP contribution in [0.25, 0.3) is 11.7 Å². The summed E-state index contributed by atoms with van der Waals surface area (Å²) in [4.78, 5) is 59.2. The molecule has 2 aromatic heterocycles. The van der Waals surface area contributed by atoms with Crippen molar-refractivity contribution in [3.63, 3.8) is 0 Å². The number of urea groups is 1. The first-order chi connectivity index (χ1) is 14.4. The highest BCUT2D eigenvalue weighted by atomic mass is 16.2. The van der Waals surface area contributed by atoms with Gasteiger partial charge in [0.15, 0.2) is 0 Å². The molecular formula is C21H23N5O4. The molecule has 0 N–H and O–H groups in total. The van der Waals surface area contributed by atoms with Gasteiger partial charge in [-0.3, -0.25) is 28.6 Å². The molecule has 4 amide bonds. The van der Waals surface area contributed by atoms with Crippen molar-refractivity contribution < 1.29 is 14.4 Å². The maximum Gasteiger partial charge on any atom is 0.333 e. The van der Waals surface area contributed by atoms with Crippen molar-refractivity contribution in [1.29, 1.82) is 0 Å². The molecular weight excluding hydrogens is 386 g/mol. The Kier molecular flexibility index (Phi) is 5.11. The van der Waals surface area contributed by atoms with Gasteiger partial charge in [-0.25, -0.2) is 9.78 Å². The lowest BCUT2D eigenvalue weighted by Crippen LogP contribution is -2.53. The summed E-state index contributed by atoms with van der Waals surface area (Å²) < 4.78 is 1.39.